The molecule has 9 nitrogen and oxygen atoms in total. The molecule has 42 heavy (non-hydrogen) atoms. The van der Waals surface area contributed by atoms with Crippen LogP contribution in [0, 0.1) is 0 Å². The molecular formula is C33H30N4O5. The van der Waals surface area contributed by atoms with E-state index in [0.717, 1.165) is 24.0 Å². The van der Waals surface area contributed by atoms with Crippen LogP contribution in [0.3, 0.4) is 0 Å². The van der Waals surface area contributed by atoms with Crippen LogP contribution in [0.4, 0.5) is 0 Å². The highest BCUT2D eigenvalue weighted by Gasteiger charge is 2.26. The molecule has 6 rings (SSSR count). The van der Waals surface area contributed by atoms with Gasteiger partial charge in [0.1, 0.15) is 16.9 Å². The van der Waals surface area contributed by atoms with Crippen molar-refractivity contribution in [2.75, 3.05) is 13.2 Å². The van der Waals surface area contributed by atoms with E-state index in [2.05, 4.69) is 4.99 Å². The summed E-state index contributed by atoms with van der Waals surface area (Å²) < 4.78 is 14.4. The van der Waals surface area contributed by atoms with E-state index < -0.39 is 17.8 Å². The van der Waals surface area contributed by atoms with E-state index in [1.165, 1.54) is 10.5 Å². The maximum absolute atomic E-state index is 14.2. The van der Waals surface area contributed by atoms with Crippen LogP contribution in [0.25, 0.3) is 16.7 Å². The lowest BCUT2D eigenvalue weighted by Crippen LogP contribution is -2.35. The topological polar surface area (TPSA) is 104 Å². The minimum atomic E-state index is -0.718. The number of amides is 1. The van der Waals surface area contributed by atoms with Gasteiger partial charge < -0.3 is 14.0 Å². The second kappa shape index (κ2) is 11.9. The largest absolute Gasteiger partial charge is 0.462 e. The summed E-state index contributed by atoms with van der Waals surface area (Å²) in [4.78, 5) is 50.7. The Morgan fingerprint density at radius 2 is 1.71 bits per heavy atom. The molecule has 1 aliphatic rings. The molecule has 0 saturated carbocycles. The van der Waals surface area contributed by atoms with E-state index in [9.17, 15) is 14.4 Å². The molecule has 0 N–H and O–H groups in total. The van der Waals surface area contributed by atoms with Gasteiger partial charge in [0.2, 0.25) is 0 Å². The van der Waals surface area contributed by atoms with Gasteiger partial charge in [0, 0.05) is 12.8 Å². The number of rotatable bonds is 7. The van der Waals surface area contributed by atoms with Crippen LogP contribution < -0.4 is 11.0 Å². The SMILES string of the molecule is CCOC(=O)c1cc2c(=O)n3ccccc3nc2n(C[C@H]2CCCO2)c1=NC(=O)C(c1ccccc1)c1ccccc1. The molecule has 9 heteroatoms. The Labute approximate surface area is 241 Å². The molecule has 3 aromatic heterocycles. The maximum atomic E-state index is 14.2. The van der Waals surface area contributed by atoms with Crippen molar-refractivity contribution >= 4 is 28.6 Å². The number of hydrogen-bond donors (Lipinski definition) is 0. The van der Waals surface area contributed by atoms with E-state index in [1.807, 2.05) is 60.7 Å². The fourth-order valence-corrected chi connectivity index (χ4v) is 5.46. The lowest BCUT2D eigenvalue weighted by atomic mass is 9.91. The average molecular weight is 563 g/mol. The molecule has 0 spiro atoms. The Hall–Kier alpha value is -4.89. The number of ether oxygens (including phenoxy) is 2. The molecule has 1 saturated heterocycles. The number of carbonyl (C=O) groups is 2. The van der Waals surface area contributed by atoms with Crippen molar-refractivity contribution < 1.29 is 19.1 Å². The summed E-state index contributed by atoms with van der Waals surface area (Å²) in [7, 11) is 0. The fourth-order valence-electron chi connectivity index (χ4n) is 5.46. The first-order valence-electron chi connectivity index (χ1n) is 14.1. The lowest BCUT2D eigenvalue weighted by Gasteiger charge is -2.19. The second-order valence-electron chi connectivity index (χ2n) is 10.1. The Balaban J connectivity index is 1.66. The summed E-state index contributed by atoms with van der Waals surface area (Å²) in [6.07, 6.45) is 3.10. The van der Waals surface area contributed by atoms with Crippen molar-refractivity contribution in [2.24, 2.45) is 4.99 Å². The minimum absolute atomic E-state index is 0.0188. The molecule has 0 bridgehead atoms. The first kappa shape index (κ1) is 27.3. The van der Waals surface area contributed by atoms with Crippen LogP contribution in [0.2, 0.25) is 0 Å². The van der Waals surface area contributed by atoms with Gasteiger partial charge in [0.25, 0.3) is 11.5 Å². The zero-order chi connectivity index (χ0) is 29.1. The van der Waals surface area contributed by atoms with Gasteiger partial charge >= 0.3 is 5.97 Å². The Morgan fingerprint density at radius 3 is 2.36 bits per heavy atom. The van der Waals surface area contributed by atoms with Gasteiger partial charge in [-0.2, -0.15) is 4.99 Å². The Morgan fingerprint density at radius 1 is 1.02 bits per heavy atom. The van der Waals surface area contributed by atoms with E-state index >= 15 is 0 Å². The van der Waals surface area contributed by atoms with Crippen molar-refractivity contribution in [3.63, 3.8) is 0 Å². The van der Waals surface area contributed by atoms with Crippen LogP contribution >= 0.6 is 0 Å². The Kier molecular flexibility index (Phi) is 7.74. The fraction of sp³-hybridized carbons (Fsp3) is 0.242. The summed E-state index contributed by atoms with van der Waals surface area (Å²) in [6.45, 7) is 2.68. The number of nitrogens with zero attached hydrogens (tertiary/aromatic N) is 4. The summed E-state index contributed by atoms with van der Waals surface area (Å²) in [6, 6.07) is 25.5. The van der Waals surface area contributed by atoms with Gasteiger partial charge in [-0.15, -0.1) is 0 Å². The minimum Gasteiger partial charge on any atom is -0.462 e. The monoisotopic (exact) mass is 562 g/mol. The first-order valence-corrected chi connectivity index (χ1v) is 14.1. The molecule has 5 aromatic rings. The first-order chi connectivity index (χ1) is 20.5. The van der Waals surface area contributed by atoms with Gasteiger partial charge in [-0.1, -0.05) is 66.7 Å². The van der Waals surface area contributed by atoms with Crippen LogP contribution in [0.5, 0.6) is 0 Å². The molecule has 1 fully saturated rings. The molecule has 1 atom stereocenters. The highest BCUT2D eigenvalue weighted by Crippen LogP contribution is 2.26. The second-order valence-corrected chi connectivity index (χ2v) is 10.1. The zero-order valence-electron chi connectivity index (χ0n) is 23.2. The summed E-state index contributed by atoms with van der Waals surface area (Å²) in [5.74, 6) is -1.86. The smallest absolute Gasteiger partial charge is 0.341 e. The molecule has 0 unspecified atom stereocenters. The van der Waals surface area contributed by atoms with E-state index in [1.54, 1.807) is 35.9 Å². The van der Waals surface area contributed by atoms with E-state index in [-0.39, 0.29) is 41.3 Å². The quantitative estimate of drug-likeness (QED) is 0.217. The van der Waals surface area contributed by atoms with Crippen LogP contribution in [0.1, 0.15) is 47.2 Å². The standard InChI is InChI=1S/C33H30N4O5/c1-2-41-33(40)26-20-25-29(34-27-17-9-10-18-36(27)32(25)39)37(21-24-16-11-19-42-24)30(26)35-31(38)28(22-12-5-3-6-13-22)23-14-7-4-8-15-23/h3-10,12-15,17-18,20,24,28H,2,11,16,19,21H2,1H3/t24-/m1/s1. The maximum Gasteiger partial charge on any atom is 0.341 e. The molecule has 0 aliphatic carbocycles. The number of benzene rings is 2. The summed E-state index contributed by atoms with van der Waals surface area (Å²) >= 11 is 0. The van der Waals surface area contributed by atoms with Crippen LogP contribution in [-0.4, -0.2) is 45.1 Å². The van der Waals surface area contributed by atoms with Crippen molar-refractivity contribution in [1.29, 1.82) is 0 Å². The third-order valence-electron chi connectivity index (χ3n) is 7.42. The predicted octanol–water partition coefficient (Wildman–Crippen LogP) is 4.26. The van der Waals surface area contributed by atoms with E-state index in [0.29, 0.717) is 17.9 Å². The van der Waals surface area contributed by atoms with Gasteiger partial charge in [-0.25, -0.2) is 9.78 Å². The molecule has 4 heterocycles. The van der Waals surface area contributed by atoms with Gasteiger partial charge in [-0.05, 0) is 49.1 Å². The van der Waals surface area contributed by atoms with E-state index in [4.69, 9.17) is 14.5 Å². The number of aromatic nitrogens is 3. The van der Waals surface area contributed by atoms with Crippen LogP contribution in [0.15, 0.2) is 101 Å². The third kappa shape index (κ3) is 5.26. The van der Waals surface area contributed by atoms with Gasteiger partial charge in [-0.3, -0.25) is 14.0 Å². The number of fused-ring (bicyclic) bond motifs is 2. The molecule has 0 radical (unpaired) electrons. The van der Waals surface area contributed by atoms with Crippen LogP contribution in [-0.2, 0) is 20.8 Å². The zero-order valence-corrected chi connectivity index (χ0v) is 23.2. The Bertz CT molecular complexity index is 1850. The number of hydrogen-bond acceptors (Lipinski definition) is 6. The normalized spacial score (nSPS) is 15.5. The van der Waals surface area contributed by atoms with Gasteiger partial charge in [0.15, 0.2) is 5.49 Å². The average Bonchev–Trinajstić information content (AvgIpc) is 3.53. The molecule has 212 valence electrons. The molecular weight excluding hydrogens is 532 g/mol. The van der Waals surface area contributed by atoms with Crippen molar-refractivity contribution in [2.45, 2.75) is 38.3 Å². The third-order valence-corrected chi connectivity index (χ3v) is 7.42. The highest BCUT2D eigenvalue weighted by molar-refractivity contribution is 5.94. The number of esters is 1. The number of pyridine rings is 2. The van der Waals surface area contributed by atoms with Gasteiger partial charge in [0.05, 0.1) is 30.6 Å². The van der Waals surface area contributed by atoms with Crippen molar-refractivity contribution in [3.05, 3.63) is 124 Å². The van der Waals surface area contributed by atoms with Crippen molar-refractivity contribution in [3.8, 4) is 0 Å². The summed E-state index contributed by atoms with van der Waals surface area (Å²) in [5.41, 5.74) is 2.05. The van der Waals surface area contributed by atoms with Crippen molar-refractivity contribution in [1.82, 2.24) is 14.0 Å². The summed E-state index contributed by atoms with van der Waals surface area (Å²) in [5, 5.41) is 0.216. The highest BCUT2D eigenvalue weighted by atomic mass is 16.5. The lowest BCUT2D eigenvalue weighted by molar-refractivity contribution is -0.118. The molecule has 1 amide bonds. The molecule has 2 aromatic carbocycles. The predicted molar refractivity (Wildman–Crippen MR) is 157 cm³/mol. The molecule has 1 aliphatic heterocycles. The number of carbonyl (C=O) groups excluding carboxylic acids is 2.